The van der Waals surface area contributed by atoms with Gasteiger partial charge in [0.05, 0.1) is 33.4 Å². The highest BCUT2D eigenvalue weighted by molar-refractivity contribution is 7.00. The maximum atomic E-state index is 2.75. The van der Waals surface area contributed by atoms with Crippen LogP contribution in [-0.2, 0) is 48.7 Å². The quantitative estimate of drug-likeness (QED) is 0.148. The lowest BCUT2D eigenvalue weighted by atomic mass is 9.33. The van der Waals surface area contributed by atoms with E-state index in [4.69, 9.17) is 0 Å². The van der Waals surface area contributed by atoms with Crippen molar-refractivity contribution in [1.29, 1.82) is 0 Å². The maximum absolute atomic E-state index is 2.75. The minimum atomic E-state index is -0.307. The standard InChI is InChI=1S/C108H119BN4/c1-100(2,3)70-42-47-91(83(59-70)68-51-74(104(13,14)15)57-75(52-68)105(16,17)18)112-95-55-66(67-49-72(102(7,8)9)56-73(50-67)103(10,11)12)41-45-87(95)109-88-46-44-80(111-90-40-34-32-38-82(90)86-64-85-81-37-31-33-39-89(81)110(93(85)65-94(86)111)79-35-29-28-30-36-79)63-96(88)113(98-62-78(108(25,26)27)61-97(112)99(98)109)92-48-43-71(101(4,5)6)60-84(92)69-53-76(106(19,20)21)58-77(54-69)107(22,23)24/h28-65H,1-27H3. The topological polar surface area (TPSA) is 16.3 Å². The Morgan fingerprint density at radius 3 is 0.947 bits per heavy atom. The Morgan fingerprint density at radius 2 is 0.549 bits per heavy atom. The van der Waals surface area contributed by atoms with Crippen molar-refractivity contribution in [2.24, 2.45) is 0 Å². The van der Waals surface area contributed by atoms with Crippen molar-refractivity contribution >= 4 is 101 Å². The zero-order valence-electron chi connectivity index (χ0n) is 72.8. The fraction of sp³-hybridized carbons (Fsp3) is 0.333. The van der Waals surface area contributed by atoms with Gasteiger partial charge in [0.1, 0.15) is 0 Å². The van der Waals surface area contributed by atoms with Gasteiger partial charge in [-0.15, -0.1) is 0 Å². The van der Waals surface area contributed by atoms with Gasteiger partial charge in [0.25, 0.3) is 6.71 Å². The van der Waals surface area contributed by atoms with E-state index in [-0.39, 0.29) is 55.4 Å². The smallest absolute Gasteiger partial charge is 0.252 e. The van der Waals surface area contributed by atoms with Gasteiger partial charge in [-0.1, -0.05) is 326 Å². The molecule has 0 unspecified atom stereocenters. The second-order valence-corrected chi connectivity index (χ2v) is 42.6. The summed E-state index contributed by atoms with van der Waals surface area (Å²) in [5.41, 5.74) is 35.7. The molecule has 0 spiro atoms. The first-order valence-electron chi connectivity index (χ1n) is 41.6. The number of para-hydroxylation sites is 3. The maximum Gasteiger partial charge on any atom is 0.252 e. The van der Waals surface area contributed by atoms with E-state index in [1.807, 2.05) is 0 Å². The number of hydrogen-bond acceptors (Lipinski definition) is 2. The second kappa shape index (κ2) is 26.2. The van der Waals surface area contributed by atoms with Crippen LogP contribution in [0.5, 0.6) is 0 Å². The minimum Gasteiger partial charge on any atom is -0.311 e. The van der Waals surface area contributed by atoms with Gasteiger partial charge in [0.2, 0.25) is 0 Å². The van der Waals surface area contributed by atoms with Gasteiger partial charge >= 0.3 is 0 Å². The van der Waals surface area contributed by atoms with Crippen molar-refractivity contribution in [1.82, 2.24) is 9.13 Å². The molecule has 4 heterocycles. The van der Waals surface area contributed by atoms with E-state index < -0.39 is 0 Å². The lowest BCUT2D eigenvalue weighted by molar-refractivity contribution is 0.568. The van der Waals surface area contributed by atoms with E-state index >= 15 is 0 Å². The van der Waals surface area contributed by atoms with Crippen LogP contribution < -0.4 is 26.2 Å². The average Bonchev–Trinajstić information content (AvgIpc) is 0.762. The SMILES string of the molecule is CC(C)(C)c1cc(-c2ccc3c(c2)N(c2ccc(C(C)(C)C)cc2-c2cc(C(C)(C)C)cc(C(C)(C)C)c2)c2cc(C(C)(C)C)cc4c2B3c2ccc(-n3c5ccccc5c5cc6c7ccccc7n(-c7ccccc7)c6cc53)cc2N4c2ccc(C(C)(C)C)cc2-c2cc(C(C)(C)C)cc(C(C)(C)C)c2)cc(C(C)(C)C)c1. The Balaban J connectivity index is 1.08. The number of nitrogens with zero attached hydrogens (tertiary/aromatic N) is 4. The van der Waals surface area contributed by atoms with Gasteiger partial charge in [0.15, 0.2) is 0 Å². The van der Waals surface area contributed by atoms with Crippen LogP contribution in [0.1, 0.15) is 237 Å². The van der Waals surface area contributed by atoms with Crippen molar-refractivity contribution in [3.63, 3.8) is 0 Å². The highest BCUT2D eigenvalue weighted by Crippen LogP contribution is 2.54. The van der Waals surface area contributed by atoms with Gasteiger partial charge in [-0.25, -0.2) is 0 Å². The lowest BCUT2D eigenvalue weighted by Crippen LogP contribution is -2.61. The summed E-state index contributed by atoms with van der Waals surface area (Å²) in [7, 11) is 0. The monoisotopic (exact) mass is 1480 g/mol. The van der Waals surface area contributed by atoms with Gasteiger partial charge in [-0.2, -0.15) is 0 Å². The van der Waals surface area contributed by atoms with Gasteiger partial charge in [-0.05, 0) is 228 Å². The predicted octanol–water partition coefficient (Wildman–Crippen LogP) is 28.6. The molecule has 574 valence electrons. The Morgan fingerprint density at radius 1 is 0.204 bits per heavy atom. The first-order chi connectivity index (χ1) is 52.7. The third-order valence-corrected chi connectivity index (χ3v) is 24.8. The molecule has 0 amide bonds. The number of anilines is 6. The van der Waals surface area contributed by atoms with Crippen molar-refractivity contribution in [3.8, 4) is 44.8 Å². The van der Waals surface area contributed by atoms with Gasteiger partial charge in [0, 0.05) is 66.8 Å². The Bertz CT molecular complexity index is 6080. The summed E-state index contributed by atoms with van der Waals surface area (Å²) in [6.45, 7) is 64.1. The second-order valence-electron chi connectivity index (χ2n) is 42.6. The zero-order valence-corrected chi connectivity index (χ0v) is 72.8. The summed E-state index contributed by atoms with van der Waals surface area (Å²) in [6, 6.07) is 91.9. The number of fused-ring (bicyclic) bond motifs is 10. The molecule has 0 saturated carbocycles. The van der Waals surface area contributed by atoms with Crippen LogP contribution in [0.3, 0.4) is 0 Å². The number of aromatic nitrogens is 2. The molecule has 5 heteroatoms. The summed E-state index contributed by atoms with van der Waals surface area (Å²) < 4.78 is 5.05. The molecule has 0 aliphatic carbocycles. The predicted molar refractivity (Wildman–Crippen MR) is 494 cm³/mol. The van der Waals surface area contributed by atoms with Crippen LogP contribution in [0.15, 0.2) is 231 Å². The normalized spacial score (nSPS) is 13.9. The van der Waals surface area contributed by atoms with E-state index in [2.05, 4.69) is 436 Å². The van der Waals surface area contributed by atoms with E-state index in [1.54, 1.807) is 0 Å². The summed E-state index contributed by atoms with van der Waals surface area (Å²) in [6.07, 6.45) is 0. The molecular weight excluding hydrogens is 1360 g/mol. The molecule has 2 aliphatic rings. The van der Waals surface area contributed by atoms with Crippen LogP contribution in [-0.4, -0.2) is 15.8 Å². The van der Waals surface area contributed by atoms with Crippen molar-refractivity contribution < 1.29 is 0 Å². The van der Waals surface area contributed by atoms with Crippen LogP contribution in [0.25, 0.3) is 88.4 Å². The molecule has 0 N–H and O–H groups in total. The molecule has 0 atom stereocenters. The Kier molecular flexibility index (Phi) is 17.8. The fourth-order valence-corrected chi connectivity index (χ4v) is 17.6. The first kappa shape index (κ1) is 76.9. The average molecular weight is 1480 g/mol. The summed E-state index contributed by atoms with van der Waals surface area (Å²) in [4.78, 5) is 5.50. The van der Waals surface area contributed by atoms with Crippen LogP contribution in [0.4, 0.5) is 34.1 Å². The molecule has 12 aromatic carbocycles. The largest absolute Gasteiger partial charge is 0.311 e. The third kappa shape index (κ3) is 13.6. The summed E-state index contributed by atoms with van der Waals surface area (Å²) >= 11 is 0. The fourth-order valence-electron chi connectivity index (χ4n) is 17.6. The molecule has 0 fully saturated rings. The zero-order chi connectivity index (χ0) is 80.9. The molecule has 2 aromatic heterocycles. The van der Waals surface area contributed by atoms with E-state index in [1.165, 1.54) is 155 Å². The van der Waals surface area contributed by atoms with Gasteiger partial charge in [-0.3, -0.25) is 0 Å². The molecule has 4 nitrogen and oxygen atoms in total. The van der Waals surface area contributed by atoms with E-state index in [9.17, 15) is 0 Å². The molecule has 0 saturated heterocycles. The molecule has 0 radical (unpaired) electrons. The molecule has 14 aromatic rings. The lowest BCUT2D eigenvalue weighted by Gasteiger charge is -2.46. The summed E-state index contributed by atoms with van der Waals surface area (Å²) in [5.74, 6) is 0. The van der Waals surface area contributed by atoms with E-state index in [0.29, 0.717) is 0 Å². The van der Waals surface area contributed by atoms with Crippen molar-refractivity contribution in [2.75, 3.05) is 9.80 Å². The van der Waals surface area contributed by atoms with Crippen LogP contribution in [0.2, 0.25) is 0 Å². The number of benzene rings is 12. The number of rotatable bonds is 7. The third-order valence-electron chi connectivity index (χ3n) is 24.8. The Hall–Kier alpha value is -10.1. The van der Waals surface area contributed by atoms with Crippen LogP contribution >= 0.6 is 0 Å². The van der Waals surface area contributed by atoms with E-state index in [0.717, 1.165) is 34.0 Å². The molecule has 16 rings (SSSR count). The molecule has 113 heavy (non-hydrogen) atoms. The minimum absolute atomic E-state index is 0.0898. The molecule has 0 bridgehead atoms. The molecule has 2 aliphatic heterocycles. The van der Waals surface area contributed by atoms with Crippen LogP contribution in [0, 0.1) is 0 Å². The Labute approximate surface area is 676 Å². The summed E-state index contributed by atoms with van der Waals surface area (Å²) in [5, 5.41) is 4.94. The van der Waals surface area contributed by atoms with Gasteiger partial charge < -0.3 is 18.9 Å². The highest BCUT2D eigenvalue weighted by atomic mass is 15.2. The van der Waals surface area contributed by atoms with Crippen molar-refractivity contribution in [2.45, 2.75) is 236 Å². The first-order valence-corrected chi connectivity index (χ1v) is 41.6. The van der Waals surface area contributed by atoms with Crippen molar-refractivity contribution in [3.05, 3.63) is 281 Å². The number of hydrogen-bond donors (Lipinski definition) is 0. The molecular formula is C108H119BN4. The highest BCUT2D eigenvalue weighted by Gasteiger charge is 2.46.